The van der Waals surface area contributed by atoms with E-state index in [-0.39, 0.29) is 12.4 Å². The van der Waals surface area contributed by atoms with Gasteiger partial charge in [-0.3, -0.25) is 4.79 Å². The van der Waals surface area contributed by atoms with E-state index in [1.54, 1.807) is 6.07 Å². The van der Waals surface area contributed by atoms with Crippen molar-refractivity contribution in [1.29, 1.82) is 0 Å². The minimum absolute atomic E-state index is 0.0244. The van der Waals surface area contributed by atoms with E-state index >= 15 is 0 Å². The summed E-state index contributed by atoms with van der Waals surface area (Å²) in [5, 5.41) is 8.90. The molecule has 1 aromatic rings. The summed E-state index contributed by atoms with van der Waals surface area (Å²) in [6, 6.07) is 7.31. The first-order valence-corrected chi connectivity index (χ1v) is 3.76. The number of carbonyl (C=O) groups excluding carboxylic acids is 1. The smallest absolute Gasteiger partial charge is 0.137 e. The number of carbonyl (C=O) groups is 1. The number of aliphatic hydroxyl groups excluding tert-OH is 1. The van der Waals surface area contributed by atoms with Crippen LogP contribution in [-0.2, 0) is 17.8 Å². The van der Waals surface area contributed by atoms with Crippen molar-refractivity contribution in [2.24, 2.45) is 0 Å². The van der Waals surface area contributed by atoms with E-state index in [4.69, 9.17) is 5.11 Å². The average Bonchev–Trinajstić information content (AvgIpc) is 2.04. The van der Waals surface area contributed by atoms with Crippen molar-refractivity contribution in [3.05, 3.63) is 42.3 Å². The van der Waals surface area contributed by atoms with Crippen LogP contribution < -0.4 is 0 Å². The Morgan fingerprint density at radius 3 is 2.42 bits per heavy atom. The van der Waals surface area contributed by atoms with E-state index in [1.165, 1.54) is 0 Å². The van der Waals surface area contributed by atoms with Crippen LogP contribution in [0, 0.1) is 6.92 Å². The van der Waals surface area contributed by atoms with Crippen molar-refractivity contribution in [2.75, 3.05) is 0 Å². The van der Waals surface area contributed by atoms with Gasteiger partial charge in [0.1, 0.15) is 5.78 Å². The molecule has 12 heavy (non-hydrogen) atoms. The first-order valence-electron chi connectivity index (χ1n) is 3.76. The van der Waals surface area contributed by atoms with Gasteiger partial charge in [0.25, 0.3) is 0 Å². The molecular formula is C10H11O2. The van der Waals surface area contributed by atoms with Gasteiger partial charge in [0.15, 0.2) is 0 Å². The number of benzene rings is 1. The molecule has 1 radical (unpaired) electrons. The molecule has 0 aliphatic heterocycles. The molecule has 0 amide bonds. The van der Waals surface area contributed by atoms with Gasteiger partial charge in [0.05, 0.1) is 6.61 Å². The maximum atomic E-state index is 10.7. The monoisotopic (exact) mass is 163 g/mol. The highest BCUT2D eigenvalue weighted by Crippen LogP contribution is 2.09. The summed E-state index contributed by atoms with van der Waals surface area (Å²) in [6.07, 6.45) is 0.302. The quantitative estimate of drug-likeness (QED) is 0.725. The zero-order chi connectivity index (χ0) is 8.97. The predicted octanol–water partition coefficient (Wildman–Crippen LogP) is 1.12. The van der Waals surface area contributed by atoms with Crippen LogP contribution in [0.1, 0.15) is 11.1 Å². The highest BCUT2D eigenvalue weighted by atomic mass is 16.3. The summed E-state index contributed by atoms with van der Waals surface area (Å²) in [6.45, 7) is 3.26. The van der Waals surface area contributed by atoms with Crippen LogP contribution in [0.2, 0.25) is 0 Å². The minimum Gasteiger partial charge on any atom is -0.392 e. The molecule has 63 valence electrons. The molecule has 2 nitrogen and oxygen atoms in total. The number of Topliss-reactive ketones (excluding diaryl/α,β-unsaturated/α-hetero) is 1. The Bertz CT molecular complexity index is 279. The molecular weight excluding hydrogens is 152 g/mol. The zero-order valence-electron chi connectivity index (χ0n) is 6.79. The van der Waals surface area contributed by atoms with E-state index in [9.17, 15) is 4.79 Å². The molecule has 0 saturated carbocycles. The molecule has 0 spiro atoms. The number of hydrogen-bond acceptors (Lipinski definition) is 2. The van der Waals surface area contributed by atoms with Crippen LogP contribution in [0.5, 0.6) is 0 Å². The Morgan fingerprint density at radius 1 is 1.33 bits per heavy atom. The van der Waals surface area contributed by atoms with Gasteiger partial charge in [-0.25, -0.2) is 0 Å². The summed E-state index contributed by atoms with van der Waals surface area (Å²) < 4.78 is 0. The third kappa shape index (κ3) is 2.17. The maximum Gasteiger partial charge on any atom is 0.137 e. The van der Waals surface area contributed by atoms with Gasteiger partial charge in [-0.1, -0.05) is 24.3 Å². The summed E-state index contributed by atoms with van der Waals surface area (Å²) in [4.78, 5) is 10.7. The fourth-order valence-electron chi connectivity index (χ4n) is 1.10. The molecule has 0 aliphatic carbocycles. The fraction of sp³-hybridized carbons (Fsp3) is 0.200. The molecule has 0 aliphatic rings. The van der Waals surface area contributed by atoms with Gasteiger partial charge in [0, 0.05) is 13.3 Å². The van der Waals surface area contributed by atoms with Crippen molar-refractivity contribution in [3.63, 3.8) is 0 Å². The SMILES string of the molecule is [CH2]C(=O)Cc1ccccc1CO. The predicted molar refractivity (Wildman–Crippen MR) is 46.4 cm³/mol. The molecule has 1 N–H and O–H groups in total. The zero-order valence-corrected chi connectivity index (χ0v) is 6.79. The molecule has 0 saturated heterocycles. The Labute approximate surface area is 71.8 Å². The lowest BCUT2D eigenvalue weighted by molar-refractivity contribution is -0.114. The fourth-order valence-corrected chi connectivity index (χ4v) is 1.10. The number of aliphatic hydroxyl groups is 1. The van der Waals surface area contributed by atoms with Crippen molar-refractivity contribution < 1.29 is 9.90 Å². The van der Waals surface area contributed by atoms with Crippen molar-refractivity contribution >= 4 is 5.78 Å². The van der Waals surface area contributed by atoms with Crippen LogP contribution in [-0.4, -0.2) is 10.9 Å². The first kappa shape index (κ1) is 8.94. The first-order chi connectivity index (χ1) is 5.74. The lowest BCUT2D eigenvalue weighted by Crippen LogP contribution is -2.00. The van der Waals surface area contributed by atoms with Crippen LogP contribution in [0.3, 0.4) is 0 Å². The van der Waals surface area contributed by atoms with Crippen LogP contribution >= 0.6 is 0 Å². The Kier molecular flexibility index (Phi) is 3.00. The van der Waals surface area contributed by atoms with Crippen molar-refractivity contribution in [3.8, 4) is 0 Å². The summed E-state index contributed by atoms with van der Waals surface area (Å²) in [5.74, 6) is -0.129. The maximum absolute atomic E-state index is 10.7. The highest BCUT2D eigenvalue weighted by molar-refractivity contribution is 5.84. The standard InChI is InChI=1S/C10H11O2/c1-8(12)6-9-4-2-3-5-10(9)7-11/h2-5,11H,1,6-7H2. The number of ketones is 1. The van der Waals surface area contributed by atoms with Crippen molar-refractivity contribution in [1.82, 2.24) is 0 Å². The second kappa shape index (κ2) is 4.02. The van der Waals surface area contributed by atoms with Gasteiger partial charge in [0.2, 0.25) is 0 Å². The molecule has 0 heterocycles. The number of hydrogen-bond donors (Lipinski definition) is 1. The van der Waals surface area contributed by atoms with E-state index in [1.807, 2.05) is 18.2 Å². The third-order valence-electron chi connectivity index (χ3n) is 1.68. The van der Waals surface area contributed by atoms with Gasteiger partial charge in [-0.2, -0.15) is 0 Å². The van der Waals surface area contributed by atoms with E-state index in [2.05, 4.69) is 6.92 Å². The largest absolute Gasteiger partial charge is 0.392 e. The van der Waals surface area contributed by atoms with Crippen LogP contribution in [0.4, 0.5) is 0 Å². The lowest BCUT2D eigenvalue weighted by atomic mass is 10.0. The molecule has 1 aromatic carbocycles. The summed E-state index contributed by atoms with van der Waals surface area (Å²) in [7, 11) is 0. The highest BCUT2D eigenvalue weighted by Gasteiger charge is 2.02. The van der Waals surface area contributed by atoms with Gasteiger partial charge in [-0.15, -0.1) is 0 Å². The molecule has 0 atom stereocenters. The second-order valence-electron chi connectivity index (χ2n) is 2.64. The Morgan fingerprint density at radius 2 is 1.92 bits per heavy atom. The molecule has 0 fully saturated rings. The average molecular weight is 163 g/mol. The Balaban J connectivity index is 2.89. The summed E-state index contributed by atoms with van der Waals surface area (Å²) in [5.41, 5.74) is 1.66. The van der Waals surface area contributed by atoms with E-state index < -0.39 is 0 Å². The molecule has 0 aromatic heterocycles. The minimum atomic E-state index is -0.129. The van der Waals surface area contributed by atoms with Gasteiger partial charge >= 0.3 is 0 Å². The normalized spacial score (nSPS) is 9.83. The van der Waals surface area contributed by atoms with Crippen molar-refractivity contribution in [2.45, 2.75) is 13.0 Å². The van der Waals surface area contributed by atoms with E-state index in [0.717, 1.165) is 11.1 Å². The van der Waals surface area contributed by atoms with Crippen LogP contribution in [0.15, 0.2) is 24.3 Å². The Hall–Kier alpha value is -1.15. The van der Waals surface area contributed by atoms with Gasteiger partial charge < -0.3 is 5.11 Å². The third-order valence-corrected chi connectivity index (χ3v) is 1.68. The summed E-state index contributed by atoms with van der Waals surface area (Å²) >= 11 is 0. The molecule has 1 rings (SSSR count). The topological polar surface area (TPSA) is 37.3 Å². The lowest BCUT2D eigenvalue weighted by Gasteiger charge is -2.03. The molecule has 0 unspecified atom stereocenters. The molecule has 0 bridgehead atoms. The van der Waals surface area contributed by atoms with Crippen LogP contribution in [0.25, 0.3) is 0 Å². The molecule has 2 heteroatoms. The van der Waals surface area contributed by atoms with E-state index in [0.29, 0.717) is 6.42 Å². The second-order valence-corrected chi connectivity index (χ2v) is 2.64. The van der Waals surface area contributed by atoms with Gasteiger partial charge in [-0.05, 0) is 11.1 Å². The number of rotatable bonds is 3.